The number of ether oxygens (including phenoxy) is 1. The number of hydrogen-bond donors (Lipinski definition) is 3. The first kappa shape index (κ1) is 14.4. The van der Waals surface area contributed by atoms with E-state index in [1.54, 1.807) is 30.3 Å². The lowest BCUT2D eigenvalue weighted by Crippen LogP contribution is -2.16. The molecule has 0 aromatic heterocycles. The molecular formula is C15H15N3O3. The van der Waals surface area contributed by atoms with Crippen LogP contribution in [0.15, 0.2) is 42.5 Å². The summed E-state index contributed by atoms with van der Waals surface area (Å²) in [5.41, 5.74) is 13.0. The maximum Gasteiger partial charge on any atom is 0.339 e. The number of esters is 1. The Bertz CT molecular complexity index is 698. The van der Waals surface area contributed by atoms with E-state index in [9.17, 15) is 9.59 Å². The molecule has 0 aliphatic carbocycles. The van der Waals surface area contributed by atoms with Crippen molar-refractivity contribution in [3.05, 3.63) is 53.6 Å². The number of nitrogens with one attached hydrogen (secondary N) is 1. The summed E-state index contributed by atoms with van der Waals surface area (Å²) in [5, 5.41) is 2.64. The van der Waals surface area contributed by atoms with Crippen LogP contribution in [0.4, 0.5) is 17.1 Å². The number of hydrogen-bond acceptors (Lipinski definition) is 5. The fourth-order valence-corrected chi connectivity index (χ4v) is 1.86. The Morgan fingerprint density at radius 1 is 1.05 bits per heavy atom. The Morgan fingerprint density at radius 2 is 1.76 bits per heavy atom. The first-order valence-electron chi connectivity index (χ1n) is 6.16. The van der Waals surface area contributed by atoms with Crippen molar-refractivity contribution in [2.45, 2.75) is 0 Å². The zero-order valence-electron chi connectivity index (χ0n) is 11.4. The van der Waals surface area contributed by atoms with Gasteiger partial charge in [0.05, 0.1) is 23.9 Å². The minimum atomic E-state index is -0.531. The summed E-state index contributed by atoms with van der Waals surface area (Å²) in [4.78, 5) is 23.9. The van der Waals surface area contributed by atoms with Crippen LogP contribution < -0.4 is 16.8 Å². The lowest BCUT2D eigenvalue weighted by molar-refractivity contribution is 0.0602. The molecule has 2 aromatic rings. The molecule has 0 aliphatic heterocycles. The van der Waals surface area contributed by atoms with E-state index in [4.69, 9.17) is 11.5 Å². The number of amides is 1. The highest BCUT2D eigenvalue weighted by Gasteiger charge is 2.15. The molecule has 0 radical (unpaired) electrons. The lowest BCUT2D eigenvalue weighted by Gasteiger charge is -2.11. The first-order valence-corrected chi connectivity index (χ1v) is 6.16. The Kier molecular flexibility index (Phi) is 4.08. The van der Waals surface area contributed by atoms with Gasteiger partial charge in [0.1, 0.15) is 0 Å². The zero-order valence-corrected chi connectivity index (χ0v) is 11.4. The highest BCUT2D eigenvalue weighted by atomic mass is 16.5. The van der Waals surface area contributed by atoms with Crippen LogP contribution in [-0.4, -0.2) is 19.0 Å². The molecule has 0 heterocycles. The van der Waals surface area contributed by atoms with Gasteiger partial charge in [0.2, 0.25) is 0 Å². The summed E-state index contributed by atoms with van der Waals surface area (Å²) in [6.45, 7) is 0. The van der Waals surface area contributed by atoms with Crippen molar-refractivity contribution in [3.63, 3.8) is 0 Å². The normalized spacial score (nSPS) is 9.95. The van der Waals surface area contributed by atoms with Crippen LogP contribution in [0.25, 0.3) is 0 Å². The van der Waals surface area contributed by atoms with Crippen LogP contribution in [0.1, 0.15) is 20.7 Å². The van der Waals surface area contributed by atoms with Gasteiger partial charge in [0.15, 0.2) is 0 Å². The second-order valence-electron chi connectivity index (χ2n) is 4.34. The van der Waals surface area contributed by atoms with E-state index < -0.39 is 11.9 Å². The molecule has 2 aromatic carbocycles. The molecule has 2 rings (SSSR count). The van der Waals surface area contributed by atoms with E-state index in [0.29, 0.717) is 11.4 Å². The molecule has 0 bridgehead atoms. The number of methoxy groups -OCH3 is 1. The van der Waals surface area contributed by atoms with Crippen molar-refractivity contribution >= 4 is 28.9 Å². The van der Waals surface area contributed by atoms with Crippen LogP contribution in [-0.2, 0) is 4.74 Å². The molecule has 0 aliphatic rings. The van der Waals surface area contributed by atoms with E-state index in [2.05, 4.69) is 10.1 Å². The van der Waals surface area contributed by atoms with Crippen molar-refractivity contribution < 1.29 is 14.3 Å². The lowest BCUT2D eigenvalue weighted by atomic mass is 10.1. The summed E-state index contributed by atoms with van der Waals surface area (Å²) in [7, 11) is 1.28. The summed E-state index contributed by atoms with van der Waals surface area (Å²) >= 11 is 0. The fraction of sp³-hybridized carbons (Fsp3) is 0.0667. The number of nitrogen functional groups attached to an aromatic ring is 2. The summed E-state index contributed by atoms with van der Waals surface area (Å²) in [6.07, 6.45) is 0. The van der Waals surface area contributed by atoms with E-state index in [-0.39, 0.29) is 16.8 Å². The summed E-state index contributed by atoms with van der Waals surface area (Å²) in [6, 6.07) is 11.2. The van der Waals surface area contributed by atoms with E-state index in [1.807, 2.05) is 0 Å². The fourth-order valence-electron chi connectivity index (χ4n) is 1.86. The SMILES string of the molecule is COC(=O)c1ccccc1NC(=O)c1ccc(N)cc1N. The maximum atomic E-state index is 12.2. The van der Waals surface area contributed by atoms with Gasteiger partial charge < -0.3 is 21.5 Å². The van der Waals surface area contributed by atoms with Crippen molar-refractivity contribution in [2.75, 3.05) is 23.9 Å². The van der Waals surface area contributed by atoms with E-state index in [0.717, 1.165) is 0 Å². The van der Waals surface area contributed by atoms with E-state index in [1.165, 1.54) is 19.2 Å². The molecule has 21 heavy (non-hydrogen) atoms. The monoisotopic (exact) mass is 285 g/mol. The quantitative estimate of drug-likeness (QED) is 0.589. The molecule has 108 valence electrons. The second-order valence-corrected chi connectivity index (χ2v) is 4.34. The van der Waals surface area contributed by atoms with Gasteiger partial charge in [-0.3, -0.25) is 4.79 Å². The van der Waals surface area contributed by atoms with Gasteiger partial charge >= 0.3 is 5.97 Å². The molecule has 6 heteroatoms. The largest absolute Gasteiger partial charge is 0.465 e. The number of rotatable bonds is 3. The molecule has 0 saturated heterocycles. The average molecular weight is 285 g/mol. The number of para-hydroxylation sites is 1. The second kappa shape index (κ2) is 5.96. The molecule has 0 fully saturated rings. The Balaban J connectivity index is 2.30. The van der Waals surface area contributed by atoms with Crippen molar-refractivity contribution in [1.82, 2.24) is 0 Å². The van der Waals surface area contributed by atoms with Crippen molar-refractivity contribution in [2.24, 2.45) is 0 Å². The number of anilines is 3. The Hall–Kier alpha value is -3.02. The van der Waals surface area contributed by atoms with Gasteiger partial charge in [0, 0.05) is 11.4 Å². The number of benzene rings is 2. The van der Waals surface area contributed by atoms with Gasteiger partial charge in [-0.25, -0.2) is 4.79 Å². The molecule has 0 atom stereocenters. The summed E-state index contributed by atoms with van der Waals surface area (Å²) in [5.74, 6) is -0.958. The third-order valence-corrected chi connectivity index (χ3v) is 2.90. The molecule has 0 spiro atoms. The topological polar surface area (TPSA) is 107 Å². The average Bonchev–Trinajstić information content (AvgIpc) is 2.46. The Labute approximate surface area is 121 Å². The molecular weight excluding hydrogens is 270 g/mol. The highest BCUT2D eigenvalue weighted by molar-refractivity contribution is 6.10. The van der Waals surface area contributed by atoms with Crippen LogP contribution >= 0.6 is 0 Å². The van der Waals surface area contributed by atoms with Crippen LogP contribution in [0, 0.1) is 0 Å². The predicted molar refractivity (Wildman–Crippen MR) is 81.0 cm³/mol. The minimum absolute atomic E-state index is 0.266. The van der Waals surface area contributed by atoms with Crippen LogP contribution in [0.5, 0.6) is 0 Å². The van der Waals surface area contributed by atoms with Crippen LogP contribution in [0.2, 0.25) is 0 Å². The maximum absolute atomic E-state index is 12.2. The zero-order chi connectivity index (χ0) is 15.4. The van der Waals surface area contributed by atoms with Crippen molar-refractivity contribution in [1.29, 1.82) is 0 Å². The third-order valence-electron chi connectivity index (χ3n) is 2.90. The van der Waals surface area contributed by atoms with E-state index >= 15 is 0 Å². The number of carbonyl (C=O) groups excluding carboxylic acids is 2. The summed E-state index contributed by atoms with van der Waals surface area (Å²) < 4.78 is 4.67. The molecule has 1 amide bonds. The van der Waals surface area contributed by atoms with Crippen LogP contribution in [0.3, 0.4) is 0 Å². The highest BCUT2D eigenvalue weighted by Crippen LogP contribution is 2.20. The molecule has 0 unspecified atom stereocenters. The van der Waals surface area contributed by atoms with Gasteiger partial charge in [-0.2, -0.15) is 0 Å². The van der Waals surface area contributed by atoms with Gasteiger partial charge in [-0.1, -0.05) is 12.1 Å². The smallest absolute Gasteiger partial charge is 0.339 e. The number of nitrogens with two attached hydrogens (primary N) is 2. The first-order chi connectivity index (χ1) is 10.0. The predicted octanol–water partition coefficient (Wildman–Crippen LogP) is 1.89. The van der Waals surface area contributed by atoms with Gasteiger partial charge in [0.25, 0.3) is 5.91 Å². The van der Waals surface area contributed by atoms with Gasteiger partial charge in [-0.05, 0) is 30.3 Å². The Morgan fingerprint density at radius 3 is 2.43 bits per heavy atom. The van der Waals surface area contributed by atoms with Crippen molar-refractivity contribution in [3.8, 4) is 0 Å². The minimum Gasteiger partial charge on any atom is -0.465 e. The third kappa shape index (κ3) is 3.11. The molecule has 6 nitrogen and oxygen atoms in total. The molecule has 5 N–H and O–H groups in total. The number of carbonyl (C=O) groups is 2. The standard InChI is InChI=1S/C15H15N3O3/c1-21-15(20)11-4-2-3-5-13(11)18-14(19)10-7-6-9(16)8-12(10)17/h2-8H,16-17H2,1H3,(H,18,19). The van der Waals surface area contributed by atoms with Gasteiger partial charge in [-0.15, -0.1) is 0 Å². The molecule has 0 saturated carbocycles.